The van der Waals surface area contributed by atoms with Crippen LogP contribution in [0.15, 0.2) is 75.9 Å². The van der Waals surface area contributed by atoms with Gasteiger partial charge in [-0.25, -0.2) is 4.98 Å². The monoisotopic (exact) mass is 407 g/mol. The van der Waals surface area contributed by atoms with Crippen LogP contribution in [0.25, 0.3) is 22.6 Å². The molecule has 1 N–H and O–H groups in total. The van der Waals surface area contributed by atoms with Crippen molar-refractivity contribution < 1.29 is 9.21 Å². The second kappa shape index (κ2) is 7.09. The molecule has 0 fully saturated rings. The summed E-state index contributed by atoms with van der Waals surface area (Å²) < 4.78 is 6.76. The Morgan fingerprint density at radius 1 is 1.12 bits per heavy atom. The van der Waals surface area contributed by atoms with Crippen LogP contribution >= 0.6 is 15.9 Å². The van der Waals surface area contributed by atoms with Crippen molar-refractivity contribution in [2.24, 2.45) is 0 Å². The number of fused-ring (bicyclic) bond motifs is 1. The van der Waals surface area contributed by atoms with Crippen molar-refractivity contribution in [2.45, 2.75) is 6.54 Å². The van der Waals surface area contributed by atoms with Crippen LogP contribution in [0.5, 0.6) is 0 Å². The molecule has 0 aliphatic carbocycles. The van der Waals surface area contributed by atoms with Gasteiger partial charge in [0.1, 0.15) is 5.52 Å². The van der Waals surface area contributed by atoms with Gasteiger partial charge in [0.25, 0.3) is 5.91 Å². The molecule has 0 spiro atoms. The summed E-state index contributed by atoms with van der Waals surface area (Å²) in [5.41, 5.74) is 3.98. The molecule has 1 amide bonds. The van der Waals surface area contributed by atoms with Crippen LogP contribution in [0.3, 0.4) is 0 Å². The van der Waals surface area contributed by atoms with Crippen LogP contribution < -0.4 is 5.32 Å². The Labute approximate surface area is 158 Å². The number of carbonyl (C=O) groups is 1. The first-order valence-electron chi connectivity index (χ1n) is 8.03. The third-order valence-corrected chi connectivity index (χ3v) is 4.42. The average molecular weight is 408 g/mol. The number of carbonyl (C=O) groups excluding carboxylic acids is 1. The summed E-state index contributed by atoms with van der Waals surface area (Å²) in [6.45, 7) is 0.439. The van der Waals surface area contributed by atoms with E-state index in [1.807, 2.05) is 42.5 Å². The fourth-order valence-electron chi connectivity index (χ4n) is 2.57. The normalized spacial score (nSPS) is 10.8. The van der Waals surface area contributed by atoms with Crippen molar-refractivity contribution in [3.8, 4) is 11.5 Å². The summed E-state index contributed by atoms with van der Waals surface area (Å²) >= 11 is 3.43. The van der Waals surface area contributed by atoms with E-state index in [9.17, 15) is 4.79 Å². The summed E-state index contributed by atoms with van der Waals surface area (Å²) in [7, 11) is 0. The zero-order valence-corrected chi connectivity index (χ0v) is 15.2. The van der Waals surface area contributed by atoms with Crippen molar-refractivity contribution in [3.05, 3.63) is 82.6 Å². The van der Waals surface area contributed by atoms with E-state index in [0.29, 0.717) is 18.0 Å². The highest BCUT2D eigenvalue weighted by molar-refractivity contribution is 9.10. The van der Waals surface area contributed by atoms with Crippen molar-refractivity contribution in [2.75, 3.05) is 0 Å². The van der Waals surface area contributed by atoms with Crippen LogP contribution in [-0.4, -0.2) is 15.9 Å². The number of hydrogen-bond donors (Lipinski definition) is 1. The Kier molecular flexibility index (Phi) is 4.50. The molecule has 6 heteroatoms. The Morgan fingerprint density at radius 2 is 1.96 bits per heavy atom. The second-order valence-electron chi connectivity index (χ2n) is 5.75. The third kappa shape index (κ3) is 3.50. The molecule has 5 nitrogen and oxygen atoms in total. The van der Waals surface area contributed by atoms with Gasteiger partial charge < -0.3 is 9.73 Å². The van der Waals surface area contributed by atoms with Crippen molar-refractivity contribution in [3.63, 3.8) is 0 Å². The molecule has 128 valence electrons. The van der Waals surface area contributed by atoms with E-state index >= 15 is 0 Å². The number of pyridine rings is 1. The first-order valence-corrected chi connectivity index (χ1v) is 8.82. The minimum atomic E-state index is -0.147. The van der Waals surface area contributed by atoms with Gasteiger partial charge in [-0.2, -0.15) is 0 Å². The van der Waals surface area contributed by atoms with Gasteiger partial charge in [-0.1, -0.05) is 28.1 Å². The number of nitrogens with zero attached hydrogens (tertiary/aromatic N) is 2. The maximum Gasteiger partial charge on any atom is 0.253 e. The molecule has 2 aromatic carbocycles. The second-order valence-corrected chi connectivity index (χ2v) is 6.67. The van der Waals surface area contributed by atoms with Gasteiger partial charge in [0.2, 0.25) is 5.89 Å². The summed E-state index contributed by atoms with van der Waals surface area (Å²) in [4.78, 5) is 20.5. The minimum Gasteiger partial charge on any atom is -0.436 e. The smallest absolute Gasteiger partial charge is 0.253 e. The summed E-state index contributed by atoms with van der Waals surface area (Å²) in [5.74, 6) is 0.427. The lowest BCUT2D eigenvalue weighted by Crippen LogP contribution is -2.22. The van der Waals surface area contributed by atoms with Crippen LogP contribution in [0.1, 0.15) is 15.9 Å². The number of nitrogens with one attached hydrogen (secondary N) is 1. The van der Waals surface area contributed by atoms with E-state index in [0.717, 1.165) is 26.7 Å². The van der Waals surface area contributed by atoms with Gasteiger partial charge in [-0.15, -0.1) is 0 Å². The van der Waals surface area contributed by atoms with Crippen LogP contribution in [0.2, 0.25) is 0 Å². The highest BCUT2D eigenvalue weighted by Gasteiger charge is 2.09. The molecule has 0 saturated carbocycles. The summed E-state index contributed by atoms with van der Waals surface area (Å²) in [6.07, 6.45) is 3.18. The lowest BCUT2D eigenvalue weighted by Gasteiger charge is -2.05. The maximum absolute atomic E-state index is 12.1. The standard InChI is InChI=1S/C20H14BrN3O2/c21-16-7-8-18-17(10-16)24-20(26-18)14-5-3-13(4-6-14)11-23-19(25)15-2-1-9-22-12-15/h1-10,12H,11H2,(H,23,25). The number of hydrogen-bond acceptors (Lipinski definition) is 4. The SMILES string of the molecule is O=C(NCc1ccc(-c2nc3cc(Br)ccc3o2)cc1)c1cccnc1. The summed E-state index contributed by atoms with van der Waals surface area (Å²) in [6, 6.07) is 17.0. The van der Waals surface area contributed by atoms with E-state index in [2.05, 4.69) is 31.2 Å². The van der Waals surface area contributed by atoms with Gasteiger partial charge in [0.05, 0.1) is 5.56 Å². The average Bonchev–Trinajstić information content (AvgIpc) is 3.10. The Morgan fingerprint density at radius 3 is 2.73 bits per heavy atom. The molecule has 0 saturated heterocycles. The molecular formula is C20H14BrN3O2. The highest BCUT2D eigenvalue weighted by Crippen LogP contribution is 2.26. The van der Waals surface area contributed by atoms with E-state index in [1.54, 1.807) is 24.5 Å². The third-order valence-electron chi connectivity index (χ3n) is 3.93. The number of oxazole rings is 1. The molecule has 4 rings (SSSR count). The molecule has 26 heavy (non-hydrogen) atoms. The molecule has 0 aliphatic rings. The fourth-order valence-corrected chi connectivity index (χ4v) is 2.92. The molecule has 0 atom stereocenters. The fraction of sp³-hybridized carbons (Fsp3) is 0.0500. The Balaban J connectivity index is 1.47. The number of amides is 1. The zero-order valence-electron chi connectivity index (χ0n) is 13.6. The molecule has 0 unspecified atom stereocenters. The molecule has 2 heterocycles. The first-order chi connectivity index (χ1) is 12.7. The van der Waals surface area contributed by atoms with Crippen LogP contribution in [0, 0.1) is 0 Å². The zero-order chi connectivity index (χ0) is 17.9. The number of aromatic nitrogens is 2. The minimum absolute atomic E-state index is 0.147. The van der Waals surface area contributed by atoms with Gasteiger partial charge in [0.15, 0.2) is 5.58 Å². The van der Waals surface area contributed by atoms with E-state index in [4.69, 9.17) is 4.42 Å². The van der Waals surface area contributed by atoms with Gasteiger partial charge in [-0.3, -0.25) is 9.78 Å². The van der Waals surface area contributed by atoms with Crippen LogP contribution in [-0.2, 0) is 6.54 Å². The first kappa shape index (κ1) is 16.5. The maximum atomic E-state index is 12.1. The topological polar surface area (TPSA) is 68.0 Å². The quantitative estimate of drug-likeness (QED) is 0.537. The lowest BCUT2D eigenvalue weighted by atomic mass is 10.1. The van der Waals surface area contributed by atoms with E-state index in [1.165, 1.54) is 0 Å². The lowest BCUT2D eigenvalue weighted by molar-refractivity contribution is 0.0950. The number of benzene rings is 2. The van der Waals surface area contributed by atoms with Gasteiger partial charge in [-0.05, 0) is 48.0 Å². The highest BCUT2D eigenvalue weighted by atomic mass is 79.9. The number of halogens is 1. The predicted molar refractivity (Wildman–Crippen MR) is 103 cm³/mol. The predicted octanol–water partition coefficient (Wildman–Crippen LogP) is 4.58. The van der Waals surface area contributed by atoms with E-state index in [-0.39, 0.29) is 5.91 Å². The molecule has 0 bridgehead atoms. The largest absolute Gasteiger partial charge is 0.436 e. The van der Waals surface area contributed by atoms with Crippen molar-refractivity contribution >= 4 is 32.9 Å². The number of rotatable bonds is 4. The summed E-state index contributed by atoms with van der Waals surface area (Å²) in [5, 5.41) is 2.88. The molecular weight excluding hydrogens is 394 g/mol. The molecule has 0 aliphatic heterocycles. The van der Waals surface area contributed by atoms with Crippen molar-refractivity contribution in [1.82, 2.24) is 15.3 Å². The van der Waals surface area contributed by atoms with E-state index < -0.39 is 0 Å². The Bertz CT molecular complexity index is 1060. The molecule has 2 aromatic heterocycles. The van der Waals surface area contributed by atoms with Gasteiger partial charge >= 0.3 is 0 Å². The molecule has 0 radical (unpaired) electrons. The Hall–Kier alpha value is -2.99. The van der Waals surface area contributed by atoms with Crippen LogP contribution in [0.4, 0.5) is 0 Å². The molecule has 4 aromatic rings. The van der Waals surface area contributed by atoms with Crippen molar-refractivity contribution in [1.29, 1.82) is 0 Å². The van der Waals surface area contributed by atoms with Gasteiger partial charge in [0, 0.05) is 29.0 Å².